The van der Waals surface area contributed by atoms with Crippen LogP contribution in [0.5, 0.6) is 0 Å². The van der Waals surface area contributed by atoms with Crippen LogP contribution in [-0.4, -0.2) is 63.3 Å². The third-order valence-electron chi connectivity index (χ3n) is 3.76. The first-order chi connectivity index (χ1) is 8.15. The fourth-order valence-electron chi connectivity index (χ4n) is 2.57. The molecule has 0 radical (unpaired) electrons. The van der Waals surface area contributed by atoms with Crippen LogP contribution in [0, 0.1) is 11.8 Å². The molecule has 1 fully saturated rings. The maximum Gasteiger partial charge on any atom is 0.0494 e. The summed E-state index contributed by atoms with van der Waals surface area (Å²) in [6, 6.07) is 0. The third kappa shape index (κ3) is 5.84. The van der Waals surface area contributed by atoms with E-state index in [4.69, 9.17) is 4.74 Å². The average Bonchev–Trinajstić information content (AvgIpc) is 2.27. The van der Waals surface area contributed by atoms with Crippen molar-refractivity contribution in [3.05, 3.63) is 0 Å². The van der Waals surface area contributed by atoms with Crippen molar-refractivity contribution in [1.82, 2.24) is 9.80 Å². The van der Waals surface area contributed by atoms with Crippen LogP contribution in [0.4, 0.5) is 0 Å². The highest BCUT2D eigenvalue weighted by molar-refractivity contribution is 4.79. The Morgan fingerprint density at radius 3 is 2.59 bits per heavy atom. The molecule has 0 spiro atoms. The minimum atomic E-state index is 0.737. The average molecular weight is 242 g/mol. The molecule has 1 saturated heterocycles. The van der Waals surface area contributed by atoms with E-state index in [-0.39, 0.29) is 0 Å². The predicted octanol–water partition coefficient (Wildman–Crippen LogP) is 1.93. The Labute approximate surface area is 107 Å². The summed E-state index contributed by atoms with van der Waals surface area (Å²) in [5, 5.41) is 0. The van der Waals surface area contributed by atoms with Crippen molar-refractivity contribution in [2.75, 3.05) is 53.5 Å². The van der Waals surface area contributed by atoms with Crippen LogP contribution in [0.15, 0.2) is 0 Å². The smallest absolute Gasteiger partial charge is 0.0494 e. The summed E-state index contributed by atoms with van der Waals surface area (Å²) in [6.07, 6.45) is 2.51. The van der Waals surface area contributed by atoms with E-state index in [1.807, 2.05) is 0 Å². The SMILES string of the molecule is CCOCC(CC)CCN(C)CC1CN(C)C1. The van der Waals surface area contributed by atoms with Crippen molar-refractivity contribution >= 4 is 0 Å². The molecule has 1 rings (SSSR count). The Morgan fingerprint density at radius 1 is 1.35 bits per heavy atom. The minimum Gasteiger partial charge on any atom is -0.381 e. The van der Waals surface area contributed by atoms with E-state index in [1.54, 1.807) is 0 Å². The second-order valence-electron chi connectivity index (χ2n) is 5.57. The zero-order valence-electron chi connectivity index (χ0n) is 12.1. The van der Waals surface area contributed by atoms with Gasteiger partial charge >= 0.3 is 0 Å². The van der Waals surface area contributed by atoms with Crippen molar-refractivity contribution in [3.8, 4) is 0 Å². The van der Waals surface area contributed by atoms with Gasteiger partial charge in [0, 0.05) is 32.8 Å². The normalized spacial score (nSPS) is 19.6. The molecule has 0 bridgehead atoms. The van der Waals surface area contributed by atoms with Crippen LogP contribution < -0.4 is 0 Å². The Balaban J connectivity index is 2.06. The lowest BCUT2D eigenvalue weighted by molar-refractivity contribution is 0.0843. The molecule has 102 valence electrons. The summed E-state index contributed by atoms with van der Waals surface area (Å²) in [5.74, 6) is 1.64. The molecule has 0 aliphatic carbocycles. The fourth-order valence-corrected chi connectivity index (χ4v) is 2.57. The summed E-state index contributed by atoms with van der Waals surface area (Å²) in [4.78, 5) is 4.88. The van der Waals surface area contributed by atoms with E-state index in [0.29, 0.717) is 0 Å². The highest BCUT2D eigenvalue weighted by Crippen LogP contribution is 2.15. The van der Waals surface area contributed by atoms with E-state index in [9.17, 15) is 0 Å². The molecule has 1 aliphatic heterocycles. The Kier molecular flexibility index (Phi) is 7.09. The molecule has 3 nitrogen and oxygen atoms in total. The molecular weight excluding hydrogens is 212 g/mol. The first-order valence-corrected chi connectivity index (χ1v) is 7.10. The van der Waals surface area contributed by atoms with Crippen LogP contribution in [-0.2, 0) is 4.74 Å². The summed E-state index contributed by atoms with van der Waals surface area (Å²) in [6.45, 7) is 11.2. The molecule has 0 aromatic heterocycles. The van der Waals surface area contributed by atoms with Gasteiger partial charge in [0.15, 0.2) is 0 Å². The van der Waals surface area contributed by atoms with Gasteiger partial charge in [-0.15, -0.1) is 0 Å². The highest BCUT2D eigenvalue weighted by Gasteiger charge is 2.24. The Hall–Kier alpha value is -0.120. The molecule has 1 atom stereocenters. The molecule has 1 heterocycles. The Morgan fingerprint density at radius 2 is 2.06 bits per heavy atom. The van der Waals surface area contributed by atoms with E-state index in [2.05, 4.69) is 37.7 Å². The van der Waals surface area contributed by atoms with Crippen molar-refractivity contribution in [2.45, 2.75) is 26.7 Å². The van der Waals surface area contributed by atoms with Crippen molar-refractivity contribution in [2.24, 2.45) is 11.8 Å². The maximum absolute atomic E-state index is 5.52. The molecule has 0 N–H and O–H groups in total. The van der Waals surface area contributed by atoms with E-state index in [0.717, 1.165) is 25.0 Å². The van der Waals surface area contributed by atoms with E-state index in [1.165, 1.54) is 39.0 Å². The van der Waals surface area contributed by atoms with Gasteiger partial charge in [-0.1, -0.05) is 13.3 Å². The van der Waals surface area contributed by atoms with Gasteiger partial charge in [0.05, 0.1) is 0 Å². The quantitative estimate of drug-likeness (QED) is 0.614. The molecule has 0 amide bonds. The molecule has 1 aliphatic rings. The van der Waals surface area contributed by atoms with Gasteiger partial charge in [0.2, 0.25) is 0 Å². The van der Waals surface area contributed by atoms with Gasteiger partial charge < -0.3 is 14.5 Å². The third-order valence-corrected chi connectivity index (χ3v) is 3.76. The monoisotopic (exact) mass is 242 g/mol. The number of hydrogen-bond donors (Lipinski definition) is 0. The van der Waals surface area contributed by atoms with Gasteiger partial charge in [-0.3, -0.25) is 0 Å². The van der Waals surface area contributed by atoms with Gasteiger partial charge in [0.1, 0.15) is 0 Å². The molecular formula is C14H30N2O. The van der Waals surface area contributed by atoms with Gasteiger partial charge in [-0.2, -0.15) is 0 Å². The lowest BCUT2D eigenvalue weighted by Crippen LogP contribution is -2.48. The number of rotatable bonds is 9. The summed E-state index contributed by atoms with van der Waals surface area (Å²) >= 11 is 0. The van der Waals surface area contributed by atoms with Crippen molar-refractivity contribution in [1.29, 1.82) is 0 Å². The largest absolute Gasteiger partial charge is 0.381 e. The zero-order valence-corrected chi connectivity index (χ0v) is 12.1. The lowest BCUT2D eigenvalue weighted by Gasteiger charge is -2.38. The first-order valence-electron chi connectivity index (χ1n) is 7.10. The van der Waals surface area contributed by atoms with Gasteiger partial charge in [-0.05, 0) is 45.8 Å². The van der Waals surface area contributed by atoms with Crippen molar-refractivity contribution in [3.63, 3.8) is 0 Å². The molecule has 0 saturated carbocycles. The number of likely N-dealkylation sites (tertiary alicyclic amines) is 1. The van der Waals surface area contributed by atoms with Gasteiger partial charge in [0.25, 0.3) is 0 Å². The van der Waals surface area contributed by atoms with E-state index >= 15 is 0 Å². The van der Waals surface area contributed by atoms with Crippen LogP contribution in [0.25, 0.3) is 0 Å². The zero-order chi connectivity index (χ0) is 12.7. The molecule has 17 heavy (non-hydrogen) atoms. The topological polar surface area (TPSA) is 15.7 Å². The van der Waals surface area contributed by atoms with E-state index < -0.39 is 0 Å². The number of nitrogens with zero attached hydrogens (tertiary/aromatic N) is 2. The van der Waals surface area contributed by atoms with Crippen LogP contribution >= 0.6 is 0 Å². The first kappa shape index (κ1) is 14.9. The van der Waals surface area contributed by atoms with Crippen LogP contribution in [0.2, 0.25) is 0 Å². The standard InChI is InChI=1S/C14H30N2O/c1-5-13(12-17-6-2)7-8-15(3)9-14-10-16(4)11-14/h13-14H,5-12H2,1-4H3. The Bertz CT molecular complexity index is 193. The second-order valence-corrected chi connectivity index (χ2v) is 5.57. The number of ether oxygens (including phenoxy) is 1. The van der Waals surface area contributed by atoms with Crippen LogP contribution in [0.1, 0.15) is 26.7 Å². The summed E-state index contributed by atoms with van der Waals surface area (Å²) in [5.41, 5.74) is 0. The highest BCUT2D eigenvalue weighted by atomic mass is 16.5. The molecule has 0 aromatic carbocycles. The predicted molar refractivity (Wildman–Crippen MR) is 73.4 cm³/mol. The number of hydrogen-bond acceptors (Lipinski definition) is 3. The molecule has 1 unspecified atom stereocenters. The molecule has 0 aromatic rings. The minimum absolute atomic E-state index is 0.737. The molecule has 3 heteroatoms. The maximum atomic E-state index is 5.52. The summed E-state index contributed by atoms with van der Waals surface area (Å²) < 4.78 is 5.52. The lowest BCUT2D eigenvalue weighted by atomic mass is 9.99. The van der Waals surface area contributed by atoms with Gasteiger partial charge in [-0.25, -0.2) is 0 Å². The second kappa shape index (κ2) is 8.06. The fraction of sp³-hybridized carbons (Fsp3) is 1.00. The summed E-state index contributed by atoms with van der Waals surface area (Å²) in [7, 11) is 4.46. The van der Waals surface area contributed by atoms with Crippen LogP contribution in [0.3, 0.4) is 0 Å². The van der Waals surface area contributed by atoms with Crippen molar-refractivity contribution < 1.29 is 4.74 Å².